The van der Waals surface area contributed by atoms with Crippen LogP contribution in [0.25, 0.3) is 11.3 Å². The molecule has 0 spiro atoms. The molecule has 7 heteroatoms. The lowest BCUT2D eigenvalue weighted by molar-refractivity contribution is 0.102. The number of pyridine rings is 1. The summed E-state index contributed by atoms with van der Waals surface area (Å²) in [6, 6.07) is 9.76. The van der Waals surface area contributed by atoms with Crippen LogP contribution in [0, 0.1) is 12.7 Å². The van der Waals surface area contributed by atoms with Gasteiger partial charge >= 0.3 is 0 Å². The lowest BCUT2D eigenvalue weighted by Gasteiger charge is -2.04. The Hall–Kier alpha value is -2.64. The first-order chi connectivity index (χ1) is 12.5. The van der Waals surface area contributed by atoms with Crippen molar-refractivity contribution in [2.45, 2.75) is 20.4 Å². The van der Waals surface area contributed by atoms with Gasteiger partial charge in [0, 0.05) is 24.7 Å². The fourth-order valence-electron chi connectivity index (χ4n) is 2.61. The summed E-state index contributed by atoms with van der Waals surface area (Å²) >= 11 is 1.30. The minimum atomic E-state index is -0.289. The Bertz CT molecular complexity index is 989. The van der Waals surface area contributed by atoms with Gasteiger partial charge in [-0.25, -0.2) is 9.38 Å². The molecule has 0 unspecified atom stereocenters. The van der Waals surface area contributed by atoms with Crippen molar-refractivity contribution >= 4 is 22.8 Å². The largest absolute Gasteiger partial charge is 0.395 e. The Morgan fingerprint density at radius 1 is 1.27 bits per heavy atom. The molecule has 0 saturated heterocycles. The van der Waals surface area contributed by atoms with Crippen LogP contribution in [0.5, 0.6) is 0 Å². The topological polar surface area (TPSA) is 67.5 Å². The van der Waals surface area contributed by atoms with Crippen LogP contribution in [0.4, 0.5) is 10.1 Å². The fourth-order valence-corrected chi connectivity index (χ4v) is 3.69. The normalized spacial score (nSPS) is 11.8. The first-order valence-electron chi connectivity index (χ1n) is 8.08. The number of carbonyl (C=O) groups is 1. The number of aliphatic hydroxyl groups is 1. The molecule has 2 aromatic heterocycles. The van der Waals surface area contributed by atoms with Crippen molar-refractivity contribution in [2.75, 3.05) is 6.61 Å². The number of benzene rings is 1. The summed E-state index contributed by atoms with van der Waals surface area (Å²) in [6.45, 7) is 3.70. The molecular formula is C19H18FN3O2S. The van der Waals surface area contributed by atoms with E-state index >= 15 is 0 Å². The SMILES string of the molecule is CC(=O)c1sc(=Nc2ccc(-c3ccc(F)cc3)nc2)n(CCO)c1C. The molecule has 3 aromatic rings. The molecule has 5 nitrogen and oxygen atoms in total. The van der Waals surface area contributed by atoms with Gasteiger partial charge in [-0.15, -0.1) is 0 Å². The van der Waals surface area contributed by atoms with Gasteiger partial charge in [0.2, 0.25) is 0 Å². The highest BCUT2D eigenvalue weighted by atomic mass is 32.1. The van der Waals surface area contributed by atoms with Crippen LogP contribution in [-0.4, -0.2) is 27.0 Å². The van der Waals surface area contributed by atoms with Crippen LogP contribution >= 0.6 is 11.3 Å². The van der Waals surface area contributed by atoms with E-state index in [0.29, 0.717) is 21.9 Å². The van der Waals surface area contributed by atoms with Crippen LogP contribution in [0.15, 0.2) is 47.6 Å². The van der Waals surface area contributed by atoms with Gasteiger partial charge in [0.1, 0.15) is 5.82 Å². The predicted octanol–water partition coefficient (Wildman–Crippen LogP) is 3.49. The van der Waals surface area contributed by atoms with Gasteiger partial charge in [0.15, 0.2) is 10.6 Å². The van der Waals surface area contributed by atoms with Gasteiger partial charge in [-0.1, -0.05) is 11.3 Å². The molecule has 0 aliphatic rings. The number of thiazole rings is 1. The highest BCUT2D eigenvalue weighted by Gasteiger charge is 2.13. The Morgan fingerprint density at radius 3 is 2.58 bits per heavy atom. The van der Waals surface area contributed by atoms with E-state index in [-0.39, 0.29) is 18.2 Å². The Balaban J connectivity index is 1.98. The monoisotopic (exact) mass is 371 g/mol. The van der Waals surface area contributed by atoms with Crippen molar-refractivity contribution in [3.05, 3.63) is 63.8 Å². The molecule has 0 radical (unpaired) electrons. The summed E-state index contributed by atoms with van der Waals surface area (Å²) in [7, 11) is 0. The van der Waals surface area contributed by atoms with Crippen molar-refractivity contribution in [3.8, 4) is 11.3 Å². The number of halogens is 1. The van der Waals surface area contributed by atoms with Crippen molar-refractivity contribution < 1.29 is 14.3 Å². The molecule has 0 aliphatic carbocycles. The Kier molecular flexibility index (Phi) is 5.39. The number of ketones is 1. The number of hydrogen-bond donors (Lipinski definition) is 1. The van der Waals surface area contributed by atoms with Crippen molar-refractivity contribution in [2.24, 2.45) is 4.99 Å². The molecule has 2 heterocycles. The lowest BCUT2D eigenvalue weighted by atomic mass is 10.1. The molecule has 1 N–H and O–H groups in total. The van der Waals surface area contributed by atoms with E-state index in [2.05, 4.69) is 9.98 Å². The zero-order valence-corrected chi connectivity index (χ0v) is 15.3. The minimum absolute atomic E-state index is 0.0228. The molecule has 1 aromatic carbocycles. The van der Waals surface area contributed by atoms with Gasteiger partial charge in [-0.3, -0.25) is 9.78 Å². The standard InChI is InChI=1S/C19H18FN3O2S/c1-12-18(13(2)25)26-19(23(12)9-10-24)22-16-7-8-17(21-11-16)14-3-5-15(20)6-4-14/h3-8,11,24H,9-10H2,1-2H3. The number of hydrogen-bond acceptors (Lipinski definition) is 5. The van der Waals surface area contributed by atoms with Crippen molar-refractivity contribution in [3.63, 3.8) is 0 Å². The average molecular weight is 371 g/mol. The summed E-state index contributed by atoms with van der Waals surface area (Å²) < 4.78 is 14.9. The maximum atomic E-state index is 13.0. The first-order valence-corrected chi connectivity index (χ1v) is 8.90. The number of nitrogens with zero attached hydrogens (tertiary/aromatic N) is 3. The van der Waals surface area contributed by atoms with Crippen LogP contribution in [0.3, 0.4) is 0 Å². The Morgan fingerprint density at radius 2 is 2.00 bits per heavy atom. The second-order valence-electron chi connectivity index (χ2n) is 5.75. The number of carbonyl (C=O) groups excluding carboxylic acids is 1. The number of aromatic nitrogens is 2. The average Bonchev–Trinajstić information content (AvgIpc) is 2.93. The third-order valence-corrected chi connectivity index (χ3v) is 5.19. The smallest absolute Gasteiger partial charge is 0.190 e. The minimum Gasteiger partial charge on any atom is -0.395 e. The summed E-state index contributed by atoms with van der Waals surface area (Å²) in [5, 5.41) is 9.28. The van der Waals surface area contributed by atoms with E-state index in [0.717, 1.165) is 17.0 Å². The molecule has 0 atom stereocenters. The van der Waals surface area contributed by atoms with Gasteiger partial charge in [-0.2, -0.15) is 0 Å². The molecule has 134 valence electrons. The van der Waals surface area contributed by atoms with E-state index in [9.17, 15) is 14.3 Å². The summed E-state index contributed by atoms with van der Waals surface area (Å²) in [5.74, 6) is -0.312. The van der Waals surface area contributed by atoms with Gasteiger partial charge in [0.25, 0.3) is 0 Å². The fraction of sp³-hybridized carbons (Fsp3) is 0.211. The molecule has 0 saturated carbocycles. The molecule has 0 aliphatic heterocycles. The van der Waals surface area contributed by atoms with Gasteiger partial charge in [0.05, 0.1) is 29.1 Å². The van der Waals surface area contributed by atoms with E-state index in [1.165, 1.54) is 30.4 Å². The van der Waals surface area contributed by atoms with Crippen molar-refractivity contribution in [1.29, 1.82) is 0 Å². The van der Waals surface area contributed by atoms with Crippen LogP contribution < -0.4 is 4.80 Å². The van der Waals surface area contributed by atoms with Crippen LogP contribution in [0.1, 0.15) is 22.3 Å². The zero-order chi connectivity index (χ0) is 18.7. The number of Topliss-reactive ketones (excluding diaryl/α,β-unsaturated/α-hetero) is 1. The molecule has 26 heavy (non-hydrogen) atoms. The van der Waals surface area contributed by atoms with Gasteiger partial charge < -0.3 is 9.67 Å². The zero-order valence-electron chi connectivity index (χ0n) is 14.4. The predicted molar refractivity (Wildman–Crippen MR) is 99.0 cm³/mol. The van der Waals surface area contributed by atoms with E-state index < -0.39 is 0 Å². The number of rotatable bonds is 5. The molecule has 0 bridgehead atoms. The van der Waals surface area contributed by atoms with Gasteiger partial charge in [-0.05, 0) is 43.3 Å². The number of aliphatic hydroxyl groups excluding tert-OH is 1. The van der Waals surface area contributed by atoms with E-state index in [1.807, 2.05) is 23.6 Å². The third-order valence-electron chi connectivity index (χ3n) is 3.91. The summed E-state index contributed by atoms with van der Waals surface area (Å²) in [6.07, 6.45) is 1.63. The Labute approximate surface area is 154 Å². The molecule has 0 fully saturated rings. The maximum absolute atomic E-state index is 13.0. The highest BCUT2D eigenvalue weighted by Crippen LogP contribution is 2.20. The summed E-state index contributed by atoms with van der Waals surface area (Å²) in [4.78, 5) is 22.0. The first kappa shape index (κ1) is 18.2. The van der Waals surface area contributed by atoms with Crippen molar-refractivity contribution in [1.82, 2.24) is 9.55 Å². The van der Waals surface area contributed by atoms with Crippen LogP contribution in [0.2, 0.25) is 0 Å². The lowest BCUT2D eigenvalue weighted by Crippen LogP contribution is -2.18. The van der Waals surface area contributed by atoms with E-state index in [4.69, 9.17) is 0 Å². The third kappa shape index (κ3) is 3.79. The highest BCUT2D eigenvalue weighted by molar-refractivity contribution is 7.11. The quantitative estimate of drug-likeness (QED) is 0.698. The summed E-state index contributed by atoms with van der Waals surface area (Å²) in [5.41, 5.74) is 2.98. The molecular weight excluding hydrogens is 353 g/mol. The van der Waals surface area contributed by atoms with E-state index in [1.54, 1.807) is 18.3 Å². The second kappa shape index (κ2) is 7.72. The molecule has 3 rings (SSSR count). The second-order valence-corrected chi connectivity index (χ2v) is 6.73. The molecule has 0 amide bonds. The maximum Gasteiger partial charge on any atom is 0.190 e. The van der Waals surface area contributed by atoms with Crippen LogP contribution in [-0.2, 0) is 6.54 Å².